The molecule has 15 aromatic rings. The van der Waals surface area contributed by atoms with Crippen LogP contribution < -0.4 is 37.9 Å². The highest BCUT2D eigenvalue weighted by Gasteiger charge is 2.30. The van der Waals surface area contributed by atoms with E-state index in [1.54, 1.807) is 77.8 Å². The highest BCUT2D eigenvalue weighted by molar-refractivity contribution is 7.98. The molecule has 0 bridgehead atoms. The maximum Gasteiger partial charge on any atom is 0.422 e. The summed E-state index contributed by atoms with van der Waals surface area (Å²) < 4.78 is 164. The topological polar surface area (TPSA) is 368 Å². The van der Waals surface area contributed by atoms with Gasteiger partial charge in [-0.3, -0.25) is 41.8 Å². The molecule has 0 aliphatic rings. The number of alkyl halides is 5. The van der Waals surface area contributed by atoms with Crippen molar-refractivity contribution in [2.24, 2.45) is 0 Å². The molecule has 0 amide bonds. The standard InChI is InChI=1S/C18H21N3O3S.C18H21N3O2S.C17H19N3O3S.C16H14F3N3O2S.C16H15F2N3O4S/c1-13-16(19-9-8-17(13)24-11-5-10-23-2)12-25(22)18-20-14-6-3-4-7-15(14)21-18;1-13-16(19-9-8-17(13)23-11-5-10-22-2)12-24-18-20-14-6-3-4-7-15(14)21-18;1-10-8-18-15(11(2)16(10)23-4)9-24(21)17-19-13-6-5-12(22-3)7-14(13)20-17;1-10-13(20-7-6-14(10)24-9-16(17,18)19)8-25(23)15-21-11-4-2-3-5-12(11)22-15;1-23-13-5-6-19-12(14(13)24-2)8-26(22)16-20-10-4-3-9(25-15(17)18)7-11(10)21-16/h3-4,6-9H,5,10-12H2,1-2H3,(H,20,21);3-4,6-9H,5,10-12H2,1-2H3,(H,20,21);5-8H,9H2,1-4H3,(H,19,20);2-7H,8-9H2,1H3,(H,21,22);3-7,15H,8H2,1-2H3,(H,20,21). The van der Waals surface area contributed by atoms with Gasteiger partial charge in [0.1, 0.15) is 34.5 Å². The second kappa shape index (κ2) is 45.0. The fourth-order valence-electron chi connectivity index (χ4n) is 12.1. The number of aromatic nitrogens is 15. The van der Waals surface area contributed by atoms with Crippen LogP contribution in [0.5, 0.6) is 46.0 Å². The molecule has 0 aliphatic carbocycles. The number of para-hydroxylation sites is 6. The Balaban J connectivity index is 0.000000151. The van der Waals surface area contributed by atoms with Crippen molar-refractivity contribution in [1.82, 2.24) is 74.8 Å². The number of hydrogen-bond donors (Lipinski definition) is 5. The Kier molecular flexibility index (Phi) is 33.7. The number of imidazole rings is 5. The highest BCUT2D eigenvalue weighted by atomic mass is 32.2. The lowest BCUT2D eigenvalue weighted by atomic mass is 10.1. The second-order valence-electron chi connectivity index (χ2n) is 26.9. The van der Waals surface area contributed by atoms with Crippen LogP contribution in [0.3, 0.4) is 0 Å². The molecule has 10 heterocycles. The molecule has 5 N–H and O–H groups in total. The second-order valence-corrected chi connectivity index (χ2v) is 33.4. The summed E-state index contributed by atoms with van der Waals surface area (Å²) in [4.78, 5) is 58.8. The first-order valence-electron chi connectivity index (χ1n) is 38.1. The maximum absolute atomic E-state index is 12.7. The molecule has 0 radical (unpaired) electrons. The van der Waals surface area contributed by atoms with Gasteiger partial charge in [-0.2, -0.15) is 22.0 Å². The summed E-state index contributed by atoms with van der Waals surface area (Å²) in [7, 11) is 3.87. The van der Waals surface area contributed by atoms with Gasteiger partial charge in [0.15, 0.2) is 43.9 Å². The van der Waals surface area contributed by atoms with Crippen molar-refractivity contribution in [2.75, 3.05) is 75.7 Å². The summed E-state index contributed by atoms with van der Waals surface area (Å²) in [5.41, 5.74) is 15.3. The molecule has 0 saturated carbocycles. The van der Waals surface area contributed by atoms with Gasteiger partial charge >= 0.3 is 12.8 Å². The minimum Gasteiger partial charge on any atom is -0.497 e. The van der Waals surface area contributed by atoms with Gasteiger partial charge in [-0.25, -0.2) is 24.9 Å². The first kappa shape index (κ1) is 92.8. The monoisotopic (exact) mass is 1800 g/mol. The van der Waals surface area contributed by atoms with Gasteiger partial charge in [0.05, 0.1) is 191 Å². The van der Waals surface area contributed by atoms with Crippen molar-refractivity contribution in [1.29, 1.82) is 0 Å². The maximum atomic E-state index is 12.7. The minimum atomic E-state index is -4.42. The molecule has 39 heteroatoms. The van der Waals surface area contributed by atoms with Gasteiger partial charge in [-0.05, 0) is 113 Å². The summed E-state index contributed by atoms with van der Waals surface area (Å²) >= 11 is 1.65. The Morgan fingerprint density at radius 1 is 0.395 bits per heavy atom. The Bertz CT molecular complexity index is 6100. The number of aryl methyl sites for hydroxylation is 1. The summed E-state index contributed by atoms with van der Waals surface area (Å²) in [5.74, 6) is 5.49. The third-order valence-electron chi connectivity index (χ3n) is 18.5. The number of aromatic amines is 5. The highest BCUT2D eigenvalue weighted by Crippen LogP contribution is 2.34. The number of nitrogens with zero attached hydrogens (tertiary/aromatic N) is 10. The molecule has 4 atom stereocenters. The van der Waals surface area contributed by atoms with Gasteiger partial charge < -0.3 is 72.3 Å². The van der Waals surface area contributed by atoms with Crippen LogP contribution in [0.2, 0.25) is 0 Å². The van der Waals surface area contributed by atoms with Crippen LogP contribution in [0.1, 0.15) is 69.1 Å². The third-order valence-corrected chi connectivity index (χ3v) is 24.0. The van der Waals surface area contributed by atoms with E-state index >= 15 is 0 Å². The molecule has 654 valence electrons. The SMILES string of the molecule is COCCCOc1ccnc(CS(=O)c2nc3ccccc3[nH]2)c1C.COCCCOc1ccnc(CSc2nc3ccccc3[nH]2)c1C.COc1ccc2nc(S(=O)Cc3ncc(C)c(OC)c3C)[nH]c2c1.COc1ccnc(CS(=O)c2nc3ccc(OC(F)F)cc3[nH]2)c1OC.Cc1c(OCC(F)(F)F)ccnc1CS(=O)c1nc2ccccc2[nH]1. The van der Waals surface area contributed by atoms with Crippen molar-refractivity contribution in [2.45, 2.75) is 115 Å². The summed E-state index contributed by atoms with van der Waals surface area (Å²) in [6, 6.07) is 39.4. The van der Waals surface area contributed by atoms with Crippen LogP contribution in [0, 0.1) is 34.6 Å². The van der Waals surface area contributed by atoms with Crippen LogP contribution in [0.15, 0.2) is 190 Å². The fourth-order valence-corrected chi connectivity index (χ4v) is 17.3. The molecule has 15 rings (SSSR count). The number of nitrogens with one attached hydrogen (secondary N) is 5. The Labute approximate surface area is 723 Å². The molecular formula is C85H90F5N15O14S5. The van der Waals surface area contributed by atoms with Gasteiger partial charge in [-0.15, -0.1) is 0 Å². The largest absolute Gasteiger partial charge is 0.497 e. The van der Waals surface area contributed by atoms with E-state index in [2.05, 4.69) is 79.5 Å². The van der Waals surface area contributed by atoms with E-state index in [1.165, 1.54) is 50.9 Å². The van der Waals surface area contributed by atoms with Gasteiger partial charge in [0.25, 0.3) is 0 Å². The van der Waals surface area contributed by atoms with E-state index < -0.39 is 62.6 Å². The molecule has 0 saturated heterocycles. The van der Waals surface area contributed by atoms with Crippen LogP contribution in [0.4, 0.5) is 22.0 Å². The van der Waals surface area contributed by atoms with Crippen molar-refractivity contribution in [3.63, 3.8) is 0 Å². The molecule has 0 spiro atoms. The number of H-pyrrole nitrogens is 5. The lowest BCUT2D eigenvalue weighted by Gasteiger charge is -2.13. The zero-order valence-electron chi connectivity index (χ0n) is 69.3. The number of methoxy groups -OCH3 is 6. The number of rotatable bonds is 33. The smallest absolute Gasteiger partial charge is 0.422 e. The first-order chi connectivity index (χ1) is 59.8. The third kappa shape index (κ3) is 25.4. The lowest BCUT2D eigenvalue weighted by Crippen LogP contribution is -2.19. The number of ether oxygens (including phenoxy) is 10. The number of fused-ring (bicyclic) bond motifs is 5. The van der Waals surface area contributed by atoms with Crippen LogP contribution in [-0.4, -0.2) is 180 Å². The van der Waals surface area contributed by atoms with E-state index in [0.717, 1.165) is 125 Å². The number of halogens is 5. The normalized spacial score (nSPS) is 12.3. The molecule has 10 aromatic heterocycles. The average molecular weight is 1800 g/mol. The van der Waals surface area contributed by atoms with Crippen molar-refractivity contribution >= 4 is 110 Å². The molecular weight excluding hydrogens is 1710 g/mol. The average Bonchev–Trinajstić information content (AvgIpc) is 1.56. The number of benzene rings is 5. The van der Waals surface area contributed by atoms with E-state index in [-0.39, 0.29) is 33.9 Å². The van der Waals surface area contributed by atoms with Crippen molar-refractivity contribution < 1.29 is 86.2 Å². The Hall–Kier alpha value is -11.9. The minimum absolute atomic E-state index is 0.00962. The molecule has 124 heavy (non-hydrogen) atoms. The molecule has 29 nitrogen and oxygen atoms in total. The van der Waals surface area contributed by atoms with E-state index in [0.29, 0.717) is 92.7 Å². The molecule has 4 unspecified atom stereocenters. The zero-order valence-corrected chi connectivity index (χ0v) is 73.4. The van der Waals surface area contributed by atoms with Gasteiger partial charge in [0.2, 0.25) is 0 Å². The summed E-state index contributed by atoms with van der Waals surface area (Å²) in [5, 5.41) is 2.29. The number of thioether (sulfide) groups is 1. The first-order valence-corrected chi connectivity index (χ1v) is 44.4. The summed E-state index contributed by atoms with van der Waals surface area (Å²) in [6.45, 7) is 7.72. The molecule has 0 aliphatic heterocycles. The number of hydrogen-bond acceptors (Lipinski definition) is 25. The van der Waals surface area contributed by atoms with Crippen LogP contribution in [-0.2, 0) is 81.4 Å². The lowest BCUT2D eigenvalue weighted by molar-refractivity contribution is -0.153. The van der Waals surface area contributed by atoms with E-state index in [9.17, 15) is 38.8 Å². The van der Waals surface area contributed by atoms with Gasteiger partial charge in [0, 0.05) is 123 Å². The van der Waals surface area contributed by atoms with Crippen LogP contribution in [0.25, 0.3) is 55.2 Å². The van der Waals surface area contributed by atoms with Crippen molar-refractivity contribution in [3.05, 3.63) is 221 Å². The molecule has 0 fully saturated rings. The predicted molar refractivity (Wildman–Crippen MR) is 464 cm³/mol. The molecule has 5 aromatic carbocycles. The van der Waals surface area contributed by atoms with Crippen molar-refractivity contribution in [3.8, 4) is 46.0 Å². The Morgan fingerprint density at radius 2 is 0.790 bits per heavy atom. The van der Waals surface area contributed by atoms with Gasteiger partial charge in [-0.1, -0.05) is 48.2 Å². The number of pyridine rings is 5. The van der Waals surface area contributed by atoms with E-state index in [1.807, 2.05) is 125 Å². The Morgan fingerprint density at radius 3 is 1.23 bits per heavy atom. The summed E-state index contributed by atoms with van der Waals surface area (Å²) in [6.07, 6.45) is 5.36. The zero-order chi connectivity index (χ0) is 88.4. The fraction of sp³-hybridized carbons (Fsp3) is 0.294. The predicted octanol–water partition coefficient (Wildman–Crippen LogP) is 16.3. The van der Waals surface area contributed by atoms with E-state index in [4.69, 9.17) is 42.6 Å². The van der Waals surface area contributed by atoms with Crippen LogP contribution >= 0.6 is 11.8 Å². The quantitative estimate of drug-likeness (QED) is 0.0145.